The van der Waals surface area contributed by atoms with Crippen LogP contribution in [-0.4, -0.2) is 36.4 Å². The molecule has 21 heavy (non-hydrogen) atoms. The Hall–Kier alpha value is -1.79. The van der Waals surface area contributed by atoms with Gasteiger partial charge in [0.15, 0.2) is 0 Å². The first-order valence-corrected chi connectivity index (χ1v) is 6.99. The smallest absolute Gasteiger partial charge is 0.326 e. The fourth-order valence-electron chi connectivity index (χ4n) is 2.18. The molecule has 1 saturated heterocycles. The number of carboxylic acid groups (broad SMARTS) is 1. The lowest BCUT2D eigenvalue weighted by atomic mass is 9.99. The molecule has 6 nitrogen and oxygen atoms in total. The summed E-state index contributed by atoms with van der Waals surface area (Å²) >= 11 is 5.97. The minimum Gasteiger partial charge on any atom is -0.480 e. The first kappa shape index (κ1) is 15.6. The van der Waals surface area contributed by atoms with Gasteiger partial charge in [0, 0.05) is 23.2 Å². The van der Waals surface area contributed by atoms with Gasteiger partial charge in [0.1, 0.15) is 6.04 Å². The van der Waals surface area contributed by atoms with Crippen LogP contribution >= 0.6 is 11.6 Å². The first-order chi connectivity index (χ1) is 9.97. The van der Waals surface area contributed by atoms with Crippen LogP contribution in [0, 0.1) is 12.8 Å². The van der Waals surface area contributed by atoms with Crippen LogP contribution < -0.4 is 10.6 Å². The number of hydrogen-bond donors (Lipinski definition) is 3. The SMILES string of the molecule is Cc1ccc(NC(=O)NC(C(=O)O)C2CCOC2)cc1Cl. The monoisotopic (exact) mass is 312 g/mol. The van der Waals surface area contributed by atoms with Gasteiger partial charge in [-0.15, -0.1) is 0 Å². The Balaban J connectivity index is 1.98. The van der Waals surface area contributed by atoms with Gasteiger partial charge in [-0.2, -0.15) is 0 Å². The van der Waals surface area contributed by atoms with Crippen LogP contribution in [0.3, 0.4) is 0 Å². The largest absolute Gasteiger partial charge is 0.480 e. The van der Waals surface area contributed by atoms with E-state index in [1.54, 1.807) is 18.2 Å². The lowest BCUT2D eigenvalue weighted by molar-refractivity contribution is -0.140. The van der Waals surface area contributed by atoms with Crippen molar-refractivity contribution in [1.29, 1.82) is 0 Å². The maximum atomic E-state index is 11.9. The van der Waals surface area contributed by atoms with Gasteiger partial charge in [-0.1, -0.05) is 17.7 Å². The third kappa shape index (κ3) is 4.09. The minimum atomic E-state index is -1.07. The summed E-state index contributed by atoms with van der Waals surface area (Å²) in [6, 6.07) is 3.56. The highest BCUT2D eigenvalue weighted by Gasteiger charge is 2.32. The summed E-state index contributed by atoms with van der Waals surface area (Å²) in [5.74, 6) is -1.28. The molecule has 3 N–H and O–H groups in total. The van der Waals surface area contributed by atoms with E-state index in [1.165, 1.54) is 0 Å². The van der Waals surface area contributed by atoms with Gasteiger partial charge < -0.3 is 20.5 Å². The molecular formula is C14H17ClN2O4. The van der Waals surface area contributed by atoms with Gasteiger partial charge in [-0.3, -0.25) is 0 Å². The minimum absolute atomic E-state index is 0.213. The molecule has 1 heterocycles. The maximum absolute atomic E-state index is 11.9. The number of ether oxygens (including phenoxy) is 1. The number of aliphatic carboxylic acids is 1. The number of benzene rings is 1. The number of carboxylic acids is 1. The molecular weight excluding hydrogens is 296 g/mol. The predicted molar refractivity (Wildman–Crippen MR) is 78.7 cm³/mol. The van der Waals surface area contributed by atoms with Gasteiger partial charge in [-0.05, 0) is 31.0 Å². The van der Waals surface area contributed by atoms with E-state index >= 15 is 0 Å². The van der Waals surface area contributed by atoms with E-state index < -0.39 is 18.0 Å². The zero-order valence-electron chi connectivity index (χ0n) is 11.6. The molecule has 2 unspecified atom stereocenters. The maximum Gasteiger partial charge on any atom is 0.326 e. The van der Waals surface area contributed by atoms with Crippen molar-refractivity contribution in [1.82, 2.24) is 5.32 Å². The zero-order chi connectivity index (χ0) is 15.4. The highest BCUT2D eigenvalue weighted by molar-refractivity contribution is 6.31. The summed E-state index contributed by atoms with van der Waals surface area (Å²) in [6.45, 7) is 2.71. The Kier molecular flexibility index (Phi) is 5.03. The number of amides is 2. The number of hydrogen-bond acceptors (Lipinski definition) is 3. The van der Waals surface area contributed by atoms with E-state index in [9.17, 15) is 14.7 Å². The Morgan fingerprint density at radius 2 is 2.24 bits per heavy atom. The van der Waals surface area contributed by atoms with Crippen LogP contribution in [0.25, 0.3) is 0 Å². The average Bonchev–Trinajstić information content (AvgIpc) is 2.93. The highest BCUT2D eigenvalue weighted by atomic mass is 35.5. The lowest BCUT2D eigenvalue weighted by Gasteiger charge is -2.19. The molecule has 0 saturated carbocycles. The van der Waals surface area contributed by atoms with E-state index in [1.807, 2.05) is 6.92 Å². The van der Waals surface area contributed by atoms with E-state index in [0.717, 1.165) is 5.56 Å². The molecule has 1 aromatic carbocycles. The van der Waals surface area contributed by atoms with Crippen molar-refractivity contribution < 1.29 is 19.4 Å². The summed E-state index contributed by atoms with van der Waals surface area (Å²) in [7, 11) is 0. The van der Waals surface area contributed by atoms with Crippen LogP contribution in [0.1, 0.15) is 12.0 Å². The number of urea groups is 1. The van der Waals surface area contributed by atoms with Crippen LogP contribution in [0.15, 0.2) is 18.2 Å². The molecule has 2 atom stereocenters. The second-order valence-electron chi connectivity index (χ2n) is 5.00. The van der Waals surface area contributed by atoms with Crippen molar-refractivity contribution in [3.63, 3.8) is 0 Å². The number of nitrogens with one attached hydrogen (secondary N) is 2. The quantitative estimate of drug-likeness (QED) is 0.796. The van der Waals surface area contributed by atoms with Crippen molar-refractivity contribution in [2.75, 3.05) is 18.5 Å². The molecule has 7 heteroatoms. The number of halogens is 1. The van der Waals surface area contributed by atoms with Crippen LogP contribution in [0.5, 0.6) is 0 Å². The summed E-state index contributed by atoms with van der Waals surface area (Å²) in [5.41, 5.74) is 1.41. The van der Waals surface area contributed by atoms with Gasteiger partial charge in [0.05, 0.1) is 6.61 Å². The predicted octanol–water partition coefficient (Wildman–Crippen LogP) is 2.26. The zero-order valence-corrected chi connectivity index (χ0v) is 12.3. The van der Waals surface area contributed by atoms with Crippen LogP contribution in [0.4, 0.5) is 10.5 Å². The topological polar surface area (TPSA) is 87.7 Å². The van der Waals surface area contributed by atoms with E-state index in [0.29, 0.717) is 30.3 Å². The van der Waals surface area contributed by atoms with Gasteiger partial charge in [-0.25, -0.2) is 9.59 Å². The first-order valence-electron chi connectivity index (χ1n) is 6.61. The van der Waals surface area contributed by atoms with E-state index in [4.69, 9.17) is 16.3 Å². The van der Waals surface area contributed by atoms with E-state index in [-0.39, 0.29) is 5.92 Å². The summed E-state index contributed by atoms with van der Waals surface area (Å²) in [4.78, 5) is 23.2. The standard InChI is InChI=1S/C14H17ClN2O4/c1-8-2-3-10(6-11(8)15)16-14(20)17-12(13(18)19)9-4-5-21-7-9/h2-3,6,9,12H,4-5,7H2,1H3,(H,18,19)(H2,16,17,20). The summed E-state index contributed by atoms with van der Waals surface area (Å²) < 4.78 is 5.16. The number of anilines is 1. The third-order valence-electron chi connectivity index (χ3n) is 3.42. The Labute approximate surface area is 127 Å². The second kappa shape index (κ2) is 6.78. The molecule has 1 aromatic rings. The molecule has 1 aliphatic heterocycles. The fourth-order valence-corrected chi connectivity index (χ4v) is 2.36. The molecule has 0 radical (unpaired) electrons. The third-order valence-corrected chi connectivity index (χ3v) is 3.83. The van der Waals surface area contributed by atoms with Gasteiger partial charge >= 0.3 is 12.0 Å². The molecule has 2 rings (SSSR count). The number of aryl methyl sites for hydroxylation is 1. The Bertz CT molecular complexity index is 544. The van der Waals surface area contributed by atoms with Crippen molar-refractivity contribution in [3.8, 4) is 0 Å². The normalized spacial score (nSPS) is 19.0. The molecule has 1 aliphatic rings. The van der Waals surface area contributed by atoms with Gasteiger partial charge in [0.2, 0.25) is 0 Å². The summed E-state index contributed by atoms with van der Waals surface area (Å²) in [6.07, 6.45) is 0.619. The molecule has 0 bridgehead atoms. The molecule has 0 spiro atoms. The number of rotatable bonds is 4. The average molecular weight is 313 g/mol. The van der Waals surface area contributed by atoms with Crippen molar-refractivity contribution in [3.05, 3.63) is 28.8 Å². The highest BCUT2D eigenvalue weighted by Crippen LogP contribution is 2.20. The van der Waals surface area contributed by atoms with Gasteiger partial charge in [0.25, 0.3) is 0 Å². The Morgan fingerprint density at radius 1 is 1.48 bits per heavy atom. The molecule has 0 aliphatic carbocycles. The van der Waals surface area contributed by atoms with E-state index in [2.05, 4.69) is 10.6 Å². The second-order valence-corrected chi connectivity index (χ2v) is 5.41. The Morgan fingerprint density at radius 3 is 2.81 bits per heavy atom. The van der Waals surface area contributed by atoms with Crippen LogP contribution in [0.2, 0.25) is 5.02 Å². The summed E-state index contributed by atoms with van der Waals surface area (Å²) in [5, 5.41) is 14.8. The number of carbonyl (C=O) groups excluding carboxylic acids is 1. The van der Waals surface area contributed by atoms with Crippen molar-refractivity contribution in [2.45, 2.75) is 19.4 Å². The molecule has 0 aromatic heterocycles. The van der Waals surface area contributed by atoms with Crippen molar-refractivity contribution in [2.24, 2.45) is 5.92 Å². The van der Waals surface area contributed by atoms with Crippen molar-refractivity contribution >= 4 is 29.3 Å². The molecule has 114 valence electrons. The lowest BCUT2D eigenvalue weighted by Crippen LogP contribution is -2.47. The molecule has 2 amide bonds. The molecule has 1 fully saturated rings. The fraction of sp³-hybridized carbons (Fsp3) is 0.429. The number of carbonyl (C=O) groups is 2. The van der Waals surface area contributed by atoms with Crippen LogP contribution in [-0.2, 0) is 9.53 Å².